The van der Waals surface area contributed by atoms with Crippen molar-refractivity contribution >= 4 is 6.79 Å². The van der Waals surface area contributed by atoms with Crippen LogP contribution < -0.4 is 5.32 Å². The van der Waals surface area contributed by atoms with Gasteiger partial charge in [-0.1, -0.05) is 20.4 Å². The van der Waals surface area contributed by atoms with Crippen molar-refractivity contribution in [1.82, 2.24) is 5.32 Å². The zero-order valence-corrected chi connectivity index (χ0v) is 6.24. The molecule has 1 saturated heterocycles. The first-order valence-electron chi connectivity index (χ1n) is 3.10. The van der Waals surface area contributed by atoms with Gasteiger partial charge in [-0.2, -0.15) is 0 Å². The van der Waals surface area contributed by atoms with Gasteiger partial charge in [0.05, 0.1) is 0 Å². The predicted octanol–water partition coefficient (Wildman–Crippen LogP) is 1.33. The maximum atomic E-state index is 8.00. The van der Waals surface area contributed by atoms with E-state index >= 15 is 0 Å². The van der Waals surface area contributed by atoms with Crippen molar-refractivity contribution in [2.45, 2.75) is 20.3 Å². The molecule has 0 radical (unpaired) electrons. The van der Waals surface area contributed by atoms with Gasteiger partial charge in [0.25, 0.3) is 0 Å². The van der Waals surface area contributed by atoms with E-state index < -0.39 is 0 Å². The van der Waals surface area contributed by atoms with Crippen LogP contribution in [0.5, 0.6) is 0 Å². The fourth-order valence-electron chi connectivity index (χ4n) is 0.302. The summed E-state index contributed by atoms with van der Waals surface area (Å²) < 4.78 is 0. The summed E-state index contributed by atoms with van der Waals surface area (Å²) in [6, 6.07) is 0. The van der Waals surface area contributed by atoms with Gasteiger partial charge in [0.2, 0.25) is 0 Å². The van der Waals surface area contributed by atoms with Gasteiger partial charge in [0.15, 0.2) is 0 Å². The minimum Gasteiger partial charge on any atom is -0.388 e. The van der Waals surface area contributed by atoms with Gasteiger partial charge < -0.3 is 10.1 Å². The molecule has 1 heterocycles. The summed E-state index contributed by atoms with van der Waals surface area (Å²) in [5.41, 5.74) is 1.19. The fourth-order valence-corrected chi connectivity index (χ4v) is 0.302. The molecule has 0 spiro atoms. The van der Waals surface area contributed by atoms with Crippen molar-refractivity contribution in [3.05, 3.63) is 12.3 Å². The minimum atomic E-state index is 1.14. The second-order valence-electron chi connectivity index (χ2n) is 1.28. The Hall–Kier alpha value is -0.790. The maximum Gasteiger partial charge on any atom is 0.106 e. The molecule has 1 fully saturated rings. The largest absolute Gasteiger partial charge is 0.388 e. The Labute approximate surface area is 57.0 Å². The third kappa shape index (κ3) is 7.21. The number of rotatable bonds is 0. The molecule has 0 amide bonds. The molecular formula is C7H15NO. The topological polar surface area (TPSA) is 29.1 Å². The van der Waals surface area contributed by atoms with E-state index in [0.717, 1.165) is 6.54 Å². The lowest BCUT2D eigenvalue weighted by molar-refractivity contribution is -0.0979. The van der Waals surface area contributed by atoms with Gasteiger partial charge in [0.1, 0.15) is 6.79 Å². The quantitative estimate of drug-likeness (QED) is 0.534. The molecule has 1 N–H and O–H groups in total. The average molecular weight is 129 g/mol. The Balaban J connectivity index is 0. The Morgan fingerprint density at radius 2 is 1.67 bits per heavy atom. The molecule has 2 nitrogen and oxygen atoms in total. The molecule has 1 rings (SSSR count). The highest BCUT2D eigenvalue weighted by molar-refractivity contribution is 5.10. The third-order valence-electron chi connectivity index (χ3n) is 0.802. The lowest BCUT2D eigenvalue weighted by atomic mass is 10.2. The van der Waals surface area contributed by atoms with Crippen LogP contribution in [0, 0.1) is 0 Å². The summed E-state index contributed by atoms with van der Waals surface area (Å²) in [5, 5.41) is 3.01. The summed E-state index contributed by atoms with van der Waals surface area (Å²) in [5.74, 6) is 0. The van der Waals surface area contributed by atoms with Gasteiger partial charge >= 0.3 is 0 Å². The smallest absolute Gasteiger partial charge is 0.106 e. The van der Waals surface area contributed by atoms with E-state index in [9.17, 15) is 0 Å². The lowest BCUT2D eigenvalue weighted by Gasteiger charge is -2.16. The highest BCUT2D eigenvalue weighted by Crippen LogP contribution is 1.99. The molecule has 0 aromatic carbocycles. The highest BCUT2D eigenvalue weighted by atomic mass is 16.1. The number of carbonyl (C=O) groups excluding carboxylic acids is 1. The highest BCUT2D eigenvalue weighted by Gasteiger charge is 1.99. The van der Waals surface area contributed by atoms with E-state index in [1.807, 2.05) is 20.6 Å². The molecule has 1 aliphatic rings. The summed E-state index contributed by atoms with van der Waals surface area (Å²) in [6.07, 6.45) is 1.18. The van der Waals surface area contributed by atoms with Crippen LogP contribution in [0.15, 0.2) is 12.3 Å². The maximum absolute atomic E-state index is 8.00. The van der Waals surface area contributed by atoms with E-state index in [4.69, 9.17) is 4.79 Å². The molecule has 2 heteroatoms. The number of hydrogen-bond donors (Lipinski definition) is 1. The van der Waals surface area contributed by atoms with Crippen molar-refractivity contribution in [2.24, 2.45) is 0 Å². The van der Waals surface area contributed by atoms with Crippen molar-refractivity contribution in [3.8, 4) is 0 Å². The lowest BCUT2D eigenvalue weighted by Crippen LogP contribution is -2.26. The summed E-state index contributed by atoms with van der Waals surface area (Å²) in [6.45, 7) is 10.8. The molecule has 54 valence electrons. The van der Waals surface area contributed by atoms with Crippen LogP contribution in [-0.4, -0.2) is 13.3 Å². The number of nitrogens with one attached hydrogen (secondary N) is 1. The molecular weight excluding hydrogens is 114 g/mol. The molecule has 0 bridgehead atoms. The van der Waals surface area contributed by atoms with Crippen LogP contribution in [0.4, 0.5) is 0 Å². The Morgan fingerprint density at radius 1 is 1.44 bits per heavy atom. The van der Waals surface area contributed by atoms with Crippen LogP contribution in [-0.2, 0) is 4.79 Å². The monoisotopic (exact) mass is 129 g/mol. The molecule has 0 aromatic rings. The second kappa shape index (κ2) is 10.2. The first kappa shape index (κ1) is 11.1. The summed E-state index contributed by atoms with van der Waals surface area (Å²) >= 11 is 0. The Bertz CT molecular complexity index is 65.3. The Morgan fingerprint density at radius 3 is 1.67 bits per heavy atom. The zero-order valence-electron chi connectivity index (χ0n) is 6.24. The van der Waals surface area contributed by atoms with Gasteiger partial charge in [-0.3, -0.25) is 0 Å². The van der Waals surface area contributed by atoms with Crippen molar-refractivity contribution in [2.75, 3.05) is 6.54 Å². The van der Waals surface area contributed by atoms with Crippen LogP contribution >= 0.6 is 0 Å². The summed E-state index contributed by atoms with van der Waals surface area (Å²) in [4.78, 5) is 8.00. The van der Waals surface area contributed by atoms with E-state index in [-0.39, 0.29) is 0 Å². The first-order valence-corrected chi connectivity index (χ1v) is 3.10. The van der Waals surface area contributed by atoms with Crippen LogP contribution in [0.3, 0.4) is 0 Å². The minimum absolute atomic E-state index is 1.14. The molecule has 1 aliphatic heterocycles. The number of hydrogen-bond acceptors (Lipinski definition) is 2. The van der Waals surface area contributed by atoms with Crippen LogP contribution in [0.25, 0.3) is 0 Å². The number of carbonyl (C=O) groups is 1. The Kier molecular flexibility index (Phi) is 12.6. The first-order chi connectivity index (χ1) is 4.39. The SMILES string of the molecule is C=C1CCN1.C=O.CC. The third-order valence-corrected chi connectivity index (χ3v) is 0.802. The average Bonchev–Trinajstić information content (AvgIpc) is 1.93. The van der Waals surface area contributed by atoms with Crippen molar-refractivity contribution in [3.63, 3.8) is 0 Å². The standard InChI is InChI=1S/C4H7N.C2H6.CH2O/c1-4-2-3-5-4;2*1-2/h5H,1-3H2;1-2H3;1H2. The van der Waals surface area contributed by atoms with E-state index in [0.29, 0.717) is 0 Å². The van der Waals surface area contributed by atoms with Gasteiger partial charge in [0, 0.05) is 18.7 Å². The van der Waals surface area contributed by atoms with E-state index in [1.165, 1.54) is 12.1 Å². The van der Waals surface area contributed by atoms with E-state index in [2.05, 4.69) is 11.9 Å². The molecule has 0 aliphatic carbocycles. The molecule has 0 saturated carbocycles. The molecule has 0 unspecified atom stereocenters. The van der Waals surface area contributed by atoms with Crippen LogP contribution in [0.1, 0.15) is 20.3 Å². The second-order valence-corrected chi connectivity index (χ2v) is 1.28. The van der Waals surface area contributed by atoms with Gasteiger partial charge in [-0.15, -0.1) is 0 Å². The molecule has 9 heavy (non-hydrogen) atoms. The fraction of sp³-hybridized carbons (Fsp3) is 0.571. The predicted molar refractivity (Wildman–Crippen MR) is 40.2 cm³/mol. The van der Waals surface area contributed by atoms with Gasteiger partial charge in [-0.25, -0.2) is 0 Å². The summed E-state index contributed by atoms with van der Waals surface area (Å²) in [7, 11) is 0. The van der Waals surface area contributed by atoms with Crippen molar-refractivity contribution in [1.29, 1.82) is 0 Å². The van der Waals surface area contributed by atoms with Crippen LogP contribution in [0.2, 0.25) is 0 Å². The zero-order chi connectivity index (χ0) is 7.70. The van der Waals surface area contributed by atoms with Gasteiger partial charge in [-0.05, 0) is 0 Å². The molecule has 0 atom stereocenters. The molecule has 0 aromatic heterocycles. The normalized spacial score (nSPS) is 12.4. The van der Waals surface area contributed by atoms with Crippen molar-refractivity contribution < 1.29 is 4.79 Å². The van der Waals surface area contributed by atoms with E-state index in [1.54, 1.807) is 0 Å².